The highest BCUT2D eigenvalue weighted by Crippen LogP contribution is 2.28. The number of hydrogen-bond acceptors (Lipinski definition) is 7. The molecule has 0 aliphatic carbocycles. The van der Waals surface area contributed by atoms with Crippen LogP contribution in [-0.4, -0.2) is 46.6 Å². The predicted octanol–water partition coefficient (Wildman–Crippen LogP) is 5.28. The Bertz CT molecular complexity index is 1190. The molecule has 168 valence electrons. The molecule has 33 heavy (non-hydrogen) atoms. The maximum atomic E-state index is 6.05. The topological polar surface area (TPSA) is 72.4 Å². The first-order valence-electron chi connectivity index (χ1n) is 11.3. The summed E-state index contributed by atoms with van der Waals surface area (Å²) >= 11 is 0. The summed E-state index contributed by atoms with van der Waals surface area (Å²) in [4.78, 5) is 15.9. The number of para-hydroxylation sites is 1. The van der Waals surface area contributed by atoms with Gasteiger partial charge in [-0.25, -0.2) is 4.98 Å². The number of anilines is 2. The van der Waals surface area contributed by atoms with Gasteiger partial charge in [-0.05, 0) is 81.4 Å². The molecule has 7 nitrogen and oxygen atoms in total. The number of rotatable bonds is 7. The standard InChI is InChI=1S/C26H27N5O2/c1-31-16-13-19(14-17-31)18-32-26-29-23-7-3-2-6-22(23)25(30-26)28-20-9-11-21(12-10-20)33-24-8-4-5-15-27-24/h2-12,15,19H,13-14,16-18H2,1H3,(H,28,29,30). The molecule has 0 saturated carbocycles. The molecule has 0 atom stereocenters. The fourth-order valence-electron chi connectivity index (χ4n) is 3.91. The van der Waals surface area contributed by atoms with E-state index in [1.54, 1.807) is 6.20 Å². The van der Waals surface area contributed by atoms with Gasteiger partial charge in [0.1, 0.15) is 11.6 Å². The van der Waals surface area contributed by atoms with Crippen molar-refractivity contribution in [2.45, 2.75) is 12.8 Å². The van der Waals surface area contributed by atoms with Crippen LogP contribution in [0.15, 0.2) is 72.9 Å². The average molecular weight is 442 g/mol. The van der Waals surface area contributed by atoms with Gasteiger partial charge in [-0.3, -0.25) is 0 Å². The van der Waals surface area contributed by atoms with Crippen molar-refractivity contribution in [3.63, 3.8) is 0 Å². The van der Waals surface area contributed by atoms with Gasteiger partial charge in [0, 0.05) is 23.3 Å². The SMILES string of the molecule is CN1CCC(COc2nc(Nc3ccc(Oc4ccccn4)cc3)c3ccccc3n2)CC1. The molecule has 0 amide bonds. The van der Waals surface area contributed by atoms with Crippen molar-refractivity contribution in [1.29, 1.82) is 0 Å². The number of ether oxygens (including phenoxy) is 2. The van der Waals surface area contributed by atoms with Gasteiger partial charge in [0.2, 0.25) is 5.88 Å². The maximum absolute atomic E-state index is 6.05. The Balaban J connectivity index is 1.31. The molecule has 7 heteroatoms. The lowest BCUT2D eigenvalue weighted by Crippen LogP contribution is -2.32. The van der Waals surface area contributed by atoms with E-state index in [9.17, 15) is 0 Å². The monoisotopic (exact) mass is 441 g/mol. The van der Waals surface area contributed by atoms with E-state index in [-0.39, 0.29) is 0 Å². The molecule has 3 heterocycles. The summed E-state index contributed by atoms with van der Waals surface area (Å²) in [6, 6.07) is 21.6. The smallest absolute Gasteiger partial charge is 0.318 e. The van der Waals surface area contributed by atoms with Crippen molar-refractivity contribution in [2.24, 2.45) is 5.92 Å². The number of nitrogens with one attached hydrogen (secondary N) is 1. The van der Waals surface area contributed by atoms with Gasteiger partial charge < -0.3 is 19.7 Å². The molecule has 0 bridgehead atoms. The van der Waals surface area contributed by atoms with E-state index in [0.29, 0.717) is 30.2 Å². The highest BCUT2D eigenvalue weighted by molar-refractivity contribution is 5.91. The molecule has 0 spiro atoms. The lowest BCUT2D eigenvalue weighted by molar-refractivity contribution is 0.154. The molecular formula is C26H27N5O2. The zero-order valence-electron chi connectivity index (χ0n) is 18.6. The first kappa shape index (κ1) is 21.2. The van der Waals surface area contributed by atoms with Gasteiger partial charge in [-0.2, -0.15) is 9.97 Å². The van der Waals surface area contributed by atoms with Crippen molar-refractivity contribution >= 4 is 22.4 Å². The van der Waals surface area contributed by atoms with Crippen LogP contribution in [0.3, 0.4) is 0 Å². The van der Waals surface area contributed by atoms with Crippen molar-refractivity contribution < 1.29 is 9.47 Å². The number of pyridine rings is 1. The molecule has 1 aliphatic heterocycles. The second-order valence-corrected chi connectivity index (χ2v) is 8.35. The van der Waals surface area contributed by atoms with Gasteiger partial charge in [0.25, 0.3) is 0 Å². The molecule has 4 aromatic rings. The van der Waals surface area contributed by atoms with Crippen molar-refractivity contribution in [1.82, 2.24) is 19.9 Å². The molecule has 1 aliphatic rings. The van der Waals surface area contributed by atoms with Crippen molar-refractivity contribution in [2.75, 3.05) is 32.1 Å². The quantitative estimate of drug-likeness (QED) is 0.418. The van der Waals surface area contributed by atoms with E-state index in [1.807, 2.05) is 66.7 Å². The van der Waals surface area contributed by atoms with E-state index >= 15 is 0 Å². The molecule has 0 unspecified atom stereocenters. The summed E-state index contributed by atoms with van der Waals surface area (Å²) in [6.45, 7) is 2.87. The van der Waals surface area contributed by atoms with Crippen LogP contribution in [0, 0.1) is 5.92 Å². The third-order valence-corrected chi connectivity index (χ3v) is 5.85. The Hall–Kier alpha value is -3.71. The van der Waals surface area contributed by atoms with E-state index in [1.165, 1.54) is 0 Å². The summed E-state index contributed by atoms with van der Waals surface area (Å²) in [5, 5.41) is 4.36. The highest BCUT2D eigenvalue weighted by Gasteiger charge is 2.18. The summed E-state index contributed by atoms with van der Waals surface area (Å²) in [5.74, 6) is 2.54. The summed E-state index contributed by atoms with van der Waals surface area (Å²) in [5.41, 5.74) is 1.75. The number of fused-ring (bicyclic) bond motifs is 1. The lowest BCUT2D eigenvalue weighted by Gasteiger charge is -2.28. The van der Waals surface area contributed by atoms with Crippen LogP contribution < -0.4 is 14.8 Å². The summed E-state index contributed by atoms with van der Waals surface area (Å²) in [6.07, 6.45) is 3.99. The third kappa shape index (κ3) is 5.38. The minimum absolute atomic E-state index is 0.408. The first-order valence-corrected chi connectivity index (χ1v) is 11.3. The number of piperidine rings is 1. The average Bonchev–Trinajstić information content (AvgIpc) is 2.85. The Morgan fingerprint density at radius 1 is 0.939 bits per heavy atom. The fourth-order valence-corrected chi connectivity index (χ4v) is 3.91. The molecule has 5 rings (SSSR count). The van der Waals surface area contributed by atoms with Gasteiger partial charge in [-0.1, -0.05) is 18.2 Å². The predicted molar refractivity (Wildman–Crippen MR) is 129 cm³/mol. The number of nitrogens with zero attached hydrogens (tertiary/aromatic N) is 4. The second-order valence-electron chi connectivity index (χ2n) is 8.35. The molecule has 0 radical (unpaired) electrons. The second kappa shape index (κ2) is 9.83. The molecule has 1 N–H and O–H groups in total. The Morgan fingerprint density at radius 2 is 1.73 bits per heavy atom. The molecule has 1 fully saturated rings. The molecule has 1 saturated heterocycles. The molecular weight excluding hydrogens is 414 g/mol. The highest BCUT2D eigenvalue weighted by atomic mass is 16.5. The molecule has 2 aromatic heterocycles. The first-order chi connectivity index (χ1) is 16.2. The maximum Gasteiger partial charge on any atom is 0.318 e. The van der Waals surface area contributed by atoms with Crippen LogP contribution in [0.5, 0.6) is 17.6 Å². The van der Waals surface area contributed by atoms with Gasteiger partial charge in [-0.15, -0.1) is 0 Å². The minimum Gasteiger partial charge on any atom is -0.463 e. The van der Waals surface area contributed by atoms with Crippen molar-refractivity contribution in [3.8, 4) is 17.6 Å². The summed E-state index contributed by atoms with van der Waals surface area (Å²) in [7, 11) is 2.17. The Kier molecular flexibility index (Phi) is 6.30. The van der Waals surface area contributed by atoms with Gasteiger partial charge >= 0.3 is 6.01 Å². The van der Waals surface area contributed by atoms with Gasteiger partial charge in [0.05, 0.1) is 12.1 Å². The van der Waals surface area contributed by atoms with Crippen LogP contribution >= 0.6 is 0 Å². The van der Waals surface area contributed by atoms with E-state index < -0.39 is 0 Å². The number of hydrogen-bond donors (Lipinski definition) is 1. The van der Waals surface area contributed by atoms with Crippen LogP contribution in [0.2, 0.25) is 0 Å². The Morgan fingerprint density at radius 3 is 2.52 bits per heavy atom. The van der Waals surface area contributed by atoms with E-state index in [2.05, 4.69) is 32.2 Å². The number of likely N-dealkylation sites (tertiary alicyclic amines) is 1. The zero-order valence-corrected chi connectivity index (χ0v) is 18.6. The van der Waals surface area contributed by atoms with Crippen LogP contribution in [-0.2, 0) is 0 Å². The normalized spacial score (nSPS) is 14.8. The number of aromatic nitrogens is 3. The third-order valence-electron chi connectivity index (χ3n) is 5.85. The summed E-state index contributed by atoms with van der Waals surface area (Å²) < 4.78 is 11.8. The van der Waals surface area contributed by atoms with E-state index in [4.69, 9.17) is 9.47 Å². The Labute approximate surface area is 193 Å². The fraction of sp³-hybridized carbons (Fsp3) is 0.269. The molecule has 2 aromatic carbocycles. The number of benzene rings is 2. The lowest BCUT2D eigenvalue weighted by atomic mass is 9.98. The van der Waals surface area contributed by atoms with Crippen LogP contribution in [0.4, 0.5) is 11.5 Å². The zero-order chi connectivity index (χ0) is 22.5. The van der Waals surface area contributed by atoms with E-state index in [0.717, 1.165) is 48.3 Å². The van der Waals surface area contributed by atoms with Crippen molar-refractivity contribution in [3.05, 3.63) is 72.9 Å². The van der Waals surface area contributed by atoms with Gasteiger partial charge in [0.15, 0.2) is 0 Å². The van der Waals surface area contributed by atoms with Crippen LogP contribution in [0.25, 0.3) is 10.9 Å². The van der Waals surface area contributed by atoms with Crippen LogP contribution in [0.1, 0.15) is 12.8 Å². The minimum atomic E-state index is 0.408. The largest absolute Gasteiger partial charge is 0.463 e.